The molecular formula is C25H30N2O5S. The van der Waals surface area contributed by atoms with Crippen molar-refractivity contribution in [2.24, 2.45) is 0 Å². The van der Waals surface area contributed by atoms with Crippen LogP contribution in [0.4, 0.5) is 5.69 Å². The van der Waals surface area contributed by atoms with Crippen molar-refractivity contribution in [2.45, 2.75) is 35.5 Å². The van der Waals surface area contributed by atoms with Crippen LogP contribution in [-0.4, -0.2) is 72.4 Å². The van der Waals surface area contributed by atoms with Crippen LogP contribution < -0.4 is 14.4 Å². The fourth-order valence-corrected chi connectivity index (χ4v) is 5.82. The molecule has 0 aliphatic carbocycles. The van der Waals surface area contributed by atoms with E-state index in [1.54, 1.807) is 32.2 Å². The summed E-state index contributed by atoms with van der Waals surface area (Å²) in [6.07, 6.45) is 0.0231. The van der Waals surface area contributed by atoms with Gasteiger partial charge in [0.15, 0.2) is 10.9 Å². The van der Waals surface area contributed by atoms with E-state index in [1.807, 2.05) is 18.2 Å². The molecule has 0 saturated carbocycles. The molecule has 1 saturated heterocycles. The van der Waals surface area contributed by atoms with Crippen molar-refractivity contribution in [3.05, 3.63) is 48.5 Å². The van der Waals surface area contributed by atoms with Crippen molar-refractivity contribution in [2.75, 3.05) is 44.7 Å². The Morgan fingerprint density at radius 2 is 1.91 bits per heavy atom. The summed E-state index contributed by atoms with van der Waals surface area (Å²) in [4.78, 5) is 31.0. The van der Waals surface area contributed by atoms with Crippen LogP contribution in [0.3, 0.4) is 0 Å². The number of carbonyl (C=O) groups is 2. The molecule has 1 N–H and O–H groups in total. The van der Waals surface area contributed by atoms with Gasteiger partial charge < -0.3 is 19.5 Å². The summed E-state index contributed by atoms with van der Waals surface area (Å²) in [5.74, 6) is -0.397. The number of aliphatic carboxylic acids is 1. The van der Waals surface area contributed by atoms with Crippen molar-refractivity contribution in [3.8, 4) is 11.5 Å². The Morgan fingerprint density at radius 1 is 1.18 bits per heavy atom. The van der Waals surface area contributed by atoms with E-state index in [1.165, 1.54) is 5.69 Å². The number of ether oxygens (including phenoxy) is 2. The molecule has 2 heterocycles. The Hall–Kier alpha value is -2.71. The molecule has 0 amide bonds. The number of hydrogen-bond donors (Lipinski definition) is 1. The number of benzene rings is 2. The highest BCUT2D eigenvalue weighted by atomic mass is 32.2. The summed E-state index contributed by atoms with van der Waals surface area (Å²) in [6, 6.07) is 15.6. The minimum absolute atomic E-state index is 0.245. The molecule has 2 unspecified atom stereocenters. The zero-order valence-corrected chi connectivity index (χ0v) is 19.8. The van der Waals surface area contributed by atoms with E-state index in [-0.39, 0.29) is 6.42 Å². The third kappa shape index (κ3) is 4.96. The molecule has 8 heteroatoms. The molecule has 176 valence electrons. The van der Waals surface area contributed by atoms with Crippen LogP contribution in [0.2, 0.25) is 0 Å². The lowest BCUT2D eigenvalue weighted by atomic mass is 9.93. The first-order chi connectivity index (χ1) is 15.9. The lowest BCUT2D eigenvalue weighted by molar-refractivity contribution is -0.146. The van der Waals surface area contributed by atoms with Crippen LogP contribution in [0.25, 0.3) is 0 Å². The number of para-hydroxylation sites is 1. The third-order valence-corrected chi connectivity index (χ3v) is 7.82. The fourth-order valence-electron chi connectivity index (χ4n) is 4.45. The van der Waals surface area contributed by atoms with Gasteiger partial charge in [-0.05, 0) is 56.6 Å². The summed E-state index contributed by atoms with van der Waals surface area (Å²) in [6.45, 7) is 6.07. The lowest BCUT2D eigenvalue weighted by Crippen LogP contribution is -2.50. The number of carboxylic acids is 1. The average Bonchev–Trinajstić information content (AvgIpc) is 2.94. The predicted molar refractivity (Wildman–Crippen MR) is 129 cm³/mol. The second-order valence-electron chi connectivity index (χ2n) is 8.44. The van der Waals surface area contributed by atoms with Crippen LogP contribution in [0, 0.1) is 0 Å². The molecule has 2 aliphatic rings. The summed E-state index contributed by atoms with van der Waals surface area (Å²) < 4.78 is 9.53. The first-order valence-corrected chi connectivity index (χ1v) is 12.1. The van der Waals surface area contributed by atoms with E-state index in [0.717, 1.165) is 44.5 Å². The van der Waals surface area contributed by atoms with Crippen molar-refractivity contribution < 1.29 is 24.2 Å². The highest BCUT2D eigenvalue weighted by Gasteiger charge is 2.51. The van der Waals surface area contributed by atoms with Gasteiger partial charge in [-0.25, -0.2) is 0 Å². The first-order valence-electron chi connectivity index (χ1n) is 11.3. The van der Waals surface area contributed by atoms with Crippen molar-refractivity contribution >= 4 is 29.2 Å². The monoisotopic (exact) mass is 470 g/mol. The van der Waals surface area contributed by atoms with E-state index in [4.69, 9.17) is 9.47 Å². The van der Waals surface area contributed by atoms with Gasteiger partial charge in [0.1, 0.15) is 11.5 Å². The Labute approximate surface area is 198 Å². The summed E-state index contributed by atoms with van der Waals surface area (Å²) in [5.41, 5.74) is 1.23. The van der Waals surface area contributed by atoms with Gasteiger partial charge in [-0.2, -0.15) is 0 Å². The molecule has 2 aromatic rings. The highest BCUT2D eigenvalue weighted by molar-refractivity contribution is 8.02. The number of piperazine rings is 1. The SMILES string of the molecule is COc1ccc2c(c1)SC(CCCN1CCN(c3ccccc3)CC1)(C(=O)O)C(=O)C(C)O2. The number of carboxylic acid groups (broad SMARTS) is 1. The van der Waals surface area contributed by atoms with Crippen molar-refractivity contribution in [3.63, 3.8) is 0 Å². The number of Topliss-reactive ketones (excluding diaryl/α,β-unsaturated/α-hetero) is 1. The summed E-state index contributed by atoms with van der Waals surface area (Å²) in [7, 11) is 1.56. The normalized spacial score (nSPS) is 23.4. The molecule has 4 rings (SSSR count). The van der Waals surface area contributed by atoms with E-state index >= 15 is 0 Å². The minimum Gasteiger partial charge on any atom is -0.497 e. The smallest absolute Gasteiger partial charge is 0.327 e. The number of anilines is 1. The number of ketones is 1. The van der Waals surface area contributed by atoms with Gasteiger partial charge in [0.2, 0.25) is 5.78 Å². The van der Waals surface area contributed by atoms with Gasteiger partial charge in [-0.15, -0.1) is 0 Å². The molecular weight excluding hydrogens is 440 g/mol. The summed E-state index contributed by atoms with van der Waals surface area (Å²) in [5, 5.41) is 10.2. The van der Waals surface area contributed by atoms with Crippen LogP contribution >= 0.6 is 11.8 Å². The van der Waals surface area contributed by atoms with Crippen LogP contribution in [0.1, 0.15) is 19.8 Å². The molecule has 2 aromatic carbocycles. The second-order valence-corrected chi connectivity index (χ2v) is 9.78. The maximum absolute atomic E-state index is 13.2. The number of fused-ring (bicyclic) bond motifs is 1. The molecule has 0 spiro atoms. The molecule has 0 aromatic heterocycles. The van der Waals surface area contributed by atoms with Gasteiger partial charge in [-0.1, -0.05) is 30.0 Å². The molecule has 0 bridgehead atoms. The molecule has 7 nitrogen and oxygen atoms in total. The number of nitrogens with zero attached hydrogens (tertiary/aromatic N) is 2. The maximum atomic E-state index is 13.2. The zero-order chi connectivity index (χ0) is 23.4. The molecule has 2 atom stereocenters. The topological polar surface area (TPSA) is 79.3 Å². The minimum atomic E-state index is -1.58. The largest absolute Gasteiger partial charge is 0.497 e. The Kier molecular flexibility index (Phi) is 7.14. The van der Waals surface area contributed by atoms with E-state index in [9.17, 15) is 14.7 Å². The van der Waals surface area contributed by atoms with Crippen molar-refractivity contribution in [1.82, 2.24) is 4.90 Å². The first kappa shape index (κ1) is 23.4. The number of rotatable bonds is 7. The van der Waals surface area contributed by atoms with Crippen LogP contribution in [0.15, 0.2) is 53.4 Å². The quantitative estimate of drug-likeness (QED) is 0.616. The standard InChI is InChI=1S/C25H30N2O5S/c1-18-23(28)25(24(29)30,33-22-17-20(31-2)9-10-21(22)32-18)11-6-12-26-13-15-27(16-14-26)19-7-4-3-5-8-19/h3-5,7-10,17-18H,6,11-16H2,1-2H3,(H,29,30). The number of thioether (sulfide) groups is 1. The van der Waals surface area contributed by atoms with Gasteiger partial charge in [0.05, 0.1) is 12.0 Å². The highest BCUT2D eigenvalue weighted by Crippen LogP contribution is 2.47. The molecule has 1 fully saturated rings. The maximum Gasteiger partial charge on any atom is 0.327 e. The second kappa shape index (κ2) is 10.1. The van der Waals surface area contributed by atoms with E-state index in [2.05, 4.69) is 21.9 Å². The molecule has 2 aliphatic heterocycles. The Bertz CT molecular complexity index is 994. The van der Waals surface area contributed by atoms with Crippen molar-refractivity contribution in [1.29, 1.82) is 0 Å². The van der Waals surface area contributed by atoms with Gasteiger partial charge >= 0.3 is 5.97 Å². The number of hydrogen-bond acceptors (Lipinski definition) is 7. The average molecular weight is 471 g/mol. The number of methoxy groups -OCH3 is 1. The third-order valence-electron chi connectivity index (χ3n) is 6.35. The number of carbonyl (C=O) groups excluding carboxylic acids is 1. The van der Waals surface area contributed by atoms with Crippen LogP contribution in [-0.2, 0) is 9.59 Å². The van der Waals surface area contributed by atoms with E-state index < -0.39 is 22.6 Å². The summed E-state index contributed by atoms with van der Waals surface area (Å²) >= 11 is 1.08. The predicted octanol–water partition coefficient (Wildman–Crippen LogP) is 3.56. The van der Waals surface area contributed by atoms with Crippen LogP contribution in [0.5, 0.6) is 11.5 Å². The Balaban J connectivity index is 1.42. The van der Waals surface area contributed by atoms with Gasteiger partial charge in [0.25, 0.3) is 0 Å². The van der Waals surface area contributed by atoms with Gasteiger partial charge in [-0.3, -0.25) is 14.5 Å². The lowest BCUT2D eigenvalue weighted by Gasteiger charge is -2.36. The molecule has 33 heavy (non-hydrogen) atoms. The van der Waals surface area contributed by atoms with Gasteiger partial charge in [0, 0.05) is 31.9 Å². The Morgan fingerprint density at radius 3 is 2.58 bits per heavy atom. The van der Waals surface area contributed by atoms with E-state index in [0.29, 0.717) is 22.8 Å². The molecule has 0 radical (unpaired) electrons. The fraction of sp³-hybridized carbons (Fsp3) is 0.440. The zero-order valence-electron chi connectivity index (χ0n) is 19.0.